The van der Waals surface area contributed by atoms with Gasteiger partial charge in [0.25, 0.3) is 5.91 Å². The van der Waals surface area contributed by atoms with E-state index in [-0.39, 0.29) is 5.91 Å². The van der Waals surface area contributed by atoms with Crippen LogP contribution < -0.4 is 5.32 Å². The molecule has 1 fully saturated rings. The summed E-state index contributed by atoms with van der Waals surface area (Å²) in [6.45, 7) is 6.21. The molecule has 148 valence electrons. The summed E-state index contributed by atoms with van der Waals surface area (Å²) >= 11 is 0. The molecular formula is C22H27N3O3. The highest BCUT2D eigenvalue weighted by molar-refractivity contribution is 5.96. The van der Waals surface area contributed by atoms with Crippen molar-refractivity contribution in [2.75, 3.05) is 38.1 Å². The van der Waals surface area contributed by atoms with Gasteiger partial charge in [-0.2, -0.15) is 0 Å². The summed E-state index contributed by atoms with van der Waals surface area (Å²) in [5, 5.41) is 2.65. The Kier molecular flexibility index (Phi) is 7.03. The fraction of sp³-hybridized carbons (Fsp3) is 0.364. The molecule has 0 bridgehead atoms. The first kappa shape index (κ1) is 19.9. The zero-order valence-corrected chi connectivity index (χ0v) is 16.3. The minimum atomic E-state index is -0.515. The third kappa shape index (κ3) is 5.57. The van der Waals surface area contributed by atoms with Gasteiger partial charge in [-0.15, -0.1) is 0 Å². The summed E-state index contributed by atoms with van der Waals surface area (Å²) in [4.78, 5) is 28.8. The Bertz CT molecular complexity index is 795. The molecule has 0 spiro atoms. The van der Waals surface area contributed by atoms with Crippen LogP contribution in [-0.4, -0.2) is 54.6 Å². The maximum absolute atomic E-state index is 12.9. The third-order valence-electron chi connectivity index (χ3n) is 4.76. The summed E-state index contributed by atoms with van der Waals surface area (Å²) in [7, 11) is 0. The van der Waals surface area contributed by atoms with Crippen LogP contribution in [0.5, 0.6) is 0 Å². The predicted octanol–water partition coefficient (Wildman–Crippen LogP) is 3.60. The number of rotatable bonds is 5. The van der Waals surface area contributed by atoms with Crippen LogP contribution >= 0.6 is 0 Å². The Labute approximate surface area is 166 Å². The van der Waals surface area contributed by atoms with Crippen molar-refractivity contribution < 1.29 is 14.3 Å². The largest absolute Gasteiger partial charge is 0.450 e. The van der Waals surface area contributed by atoms with E-state index in [2.05, 4.69) is 34.5 Å². The highest BCUT2D eigenvalue weighted by Gasteiger charge is 2.20. The zero-order chi connectivity index (χ0) is 19.8. The second kappa shape index (κ2) is 9.90. The minimum absolute atomic E-state index is 0.00549. The fourth-order valence-electron chi connectivity index (χ4n) is 3.37. The van der Waals surface area contributed by atoms with E-state index in [4.69, 9.17) is 4.74 Å². The van der Waals surface area contributed by atoms with Gasteiger partial charge in [-0.3, -0.25) is 15.0 Å². The van der Waals surface area contributed by atoms with Crippen molar-refractivity contribution in [1.29, 1.82) is 0 Å². The summed E-state index contributed by atoms with van der Waals surface area (Å²) in [5.41, 5.74) is 2.43. The number of carbonyl (C=O) groups excluding carboxylic acids is 2. The van der Waals surface area contributed by atoms with Gasteiger partial charge in [0.2, 0.25) is 0 Å². The lowest BCUT2D eigenvalue weighted by Crippen LogP contribution is -2.35. The monoisotopic (exact) mass is 381 g/mol. The lowest BCUT2D eigenvalue weighted by atomic mass is 10.1. The van der Waals surface area contributed by atoms with Crippen LogP contribution in [0, 0.1) is 0 Å². The average molecular weight is 381 g/mol. The lowest BCUT2D eigenvalue weighted by molar-refractivity contribution is 0.0761. The molecule has 1 heterocycles. The van der Waals surface area contributed by atoms with Crippen molar-refractivity contribution in [2.45, 2.75) is 19.9 Å². The number of carbonyl (C=O) groups is 2. The van der Waals surface area contributed by atoms with Crippen molar-refractivity contribution in [2.24, 2.45) is 0 Å². The first-order valence-corrected chi connectivity index (χ1v) is 9.75. The molecule has 1 aliphatic heterocycles. The van der Waals surface area contributed by atoms with Gasteiger partial charge in [0.1, 0.15) is 0 Å². The molecule has 28 heavy (non-hydrogen) atoms. The van der Waals surface area contributed by atoms with Crippen LogP contribution in [0.15, 0.2) is 54.6 Å². The van der Waals surface area contributed by atoms with Crippen molar-refractivity contribution in [3.8, 4) is 0 Å². The smallest absolute Gasteiger partial charge is 0.411 e. The molecule has 0 radical (unpaired) electrons. The first-order valence-electron chi connectivity index (χ1n) is 9.75. The van der Waals surface area contributed by atoms with Gasteiger partial charge in [0, 0.05) is 44.0 Å². The van der Waals surface area contributed by atoms with Gasteiger partial charge in [-0.05, 0) is 37.1 Å². The maximum Gasteiger partial charge on any atom is 0.411 e. The van der Waals surface area contributed by atoms with Crippen molar-refractivity contribution in [3.05, 3.63) is 65.7 Å². The van der Waals surface area contributed by atoms with E-state index in [1.54, 1.807) is 31.2 Å². The highest BCUT2D eigenvalue weighted by Crippen LogP contribution is 2.15. The van der Waals surface area contributed by atoms with E-state index in [0.29, 0.717) is 24.4 Å². The maximum atomic E-state index is 12.9. The molecule has 1 saturated heterocycles. The lowest BCUT2D eigenvalue weighted by Gasteiger charge is -2.22. The Morgan fingerprint density at radius 3 is 2.61 bits per heavy atom. The second-order valence-electron chi connectivity index (χ2n) is 6.83. The number of amides is 2. The van der Waals surface area contributed by atoms with Gasteiger partial charge in [0.15, 0.2) is 0 Å². The van der Waals surface area contributed by atoms with Crippen LogP contribution in [0.25, 0.3) is 0 Å². The first-order chi connectivity index (χ1) is 13.7. The minimum Gasteiger partial charge on any atom is -0.450 e. The normalized spacial score (nSPS) is 15.0. The summed E-state index contributed by atoms with van der Waals surface area (Å²) in [6, 6.07) is 17.4. The number of benzene rings is 2. The standard InChI is InChI=1S/C22H27N3O3/c1-2-28-22(27)23-20-11-6-10-19(16-20)21(26)25-13-7-12-24(14-15-25)17-18-8-4-3-5-9-18/h3-6,8-11,16H,2,7,12-15,17H2,1H3,(H,23,27). The topological polar surface area (TPSA) is 61.9 Å². The van der Waals surface area contributed by atoms with E-state index >= 15 is 0 Å². The number of nitrogens with one attached hydrogen (secondary N) is 1. The van der Waals surface area contributed by atoms with Gasteiger partial charge in [-0.1, -0.05) is 36.4 Å². The van der Waals surface area contributed by atoms with Gasteiger partial charge in [0.05, 0.1) is 6.61 Å². The van der Waals surface area contributed by atoms with E-state index < -0.39 is 6.09 Å². The fourth-order valence-corrected chi connectivity index (χ4v) is 3.37. The molecular weight excluding hydrogens is 354 g/mol. The Morgan fingerprint density at radius 2 is 1.82 bits per heavy atom. The van der Waals surface area contributed by atoms with Gasteiger partial charge in [-0.25, -0.2) is 4.79 Å². The SMILES string of the molecule is CCOC(=O)Nc1cccc(C(=O)N2CCCN(Cc3ccccc3)CC2)c1. The Hall–Kier alpha value is -2.86. The van der Waals surface area contributed by atoms with Crippen molar-refractivity contribution in [1.82, 2.24) is 9.80 Å². The van der Waals surface area contributed by atoms with Crippen molar-refractivity contribution >= 4 is 17.7 Å². The number of hydrogen-bond acceptors (Lipinski definition) is 4. The Morgan fingerprint density at radius 1 is 1.00 bits per heavy atom. The molecule has 2 aromatic carbocycles. The van der Waals surface area contributed by atoms with Gasteiger partial charge >= 0.3 is 6.09 Å². The summed E-state index contributed by atoms with van der Waals surface area (Å²) < 4.78 is 4.89. The third-order valence-corrected chi connectivity index (χ3v) is 4.76. The molecule has 0 atom stereocenters. The zero-order valence-electron chi connectivity index (χ0n) is 16.3. The quantitative estimate of drug-likeness (QED) is 0.860. The van der Waals surface area contributed by atoms with E-state index in [9.17, 15) is 9.59 Å². The van der Waals surface area contributed by atoms with Crippen LogP contribution in [0.1, 0.15) is 29.3 Å². The highest BCUT2D eigenvalue weighted by atomic mass is 16.5. The summed E-state index contributed by atoms with van der Waals surface area (Å²) in [6.07, 6.45) is 0.428. The van der Waals surface area contributed by atoms with Crippen LogP contribution in [0.3, 0.4) is 0 Å². The molecule has 0 aliphatic carbocycles. The predicted molar refractivity (Wildman–Crippen MR) is 109 cm³/mol. The number of nitrogens with zero attached hydrogens (tertiary/aromatic N) is 2. The molecule has 2 aromatic rings. The Balaban J connectivity index is 1.59. The molecule has 1 aliphatic rings. The van der Waals surface area contributed by atoms with Crippen molar-refractivity contribution in [3.63, 3.8) is 0 Å². The molecule has 1 N–H and O–H groups in total. The van der Waals surface area contributed by atoms with Crippen LogP contribution in [0.4, 0.5) is 10.5 Å². The molecule has 3 rings (SSSR count). The van der Waals surface area contributed by atoms with E-state index in [1.807, 2.05) is 11.0 Å². The number of ether oxygens (including phenoxy) is 1. The van der Waals surface area contributed by atoms with Crippen LogP contribution in [-0.2, 0) is 11.3 Å². The van der Waals surface area contributed by atoms with E-state index in [0.717, 1.165) is 32.6 Å². The number of anilines is 1. The second-order valence-corrected chi connectivity index (χ2v) is 6.83. The average Bonchev–Trinajstić information content (AvgIpc) is 2.94. The number of hydrogen-bond donors (Lipinski definition) is 1. The molecule has 0 aromatic heterocycles. The molecule has 6 heteroatoms. The summed E-state index contributed by atoms with van der Waals surface area (Å²) in [5.74, 6) is -0.00549. The molecule has 0 unspecified atom stereocenters. The molecule has 2 amide bonds. The van der Waals surface area contributed by atoms with E-state index in [1.165, 1.54) is 5.56 Å². The van der Waals surface area contributed by atoms with Crippen LogP contribution in [0.2, 0.25) is 0 Å². The molecule has 0 saturated carbocycles. The molecule has 6 nitrogen and oxygen atoms in total. The van der Waals surface area contributed by atoms with Gasteiger partial charge < -0.3 is 9.64 Å².